The van der Waals surface area contributed by atoms with Gasteiger partial charge in [0.2, 0.25) is 35.6 Å². The number of carbonyl (C=O) groups is 12. The Labute approximate surface area is 665 Å². The summed E-state index contributed by atoms with van der Waals surface area (Å²) in [7, 11) is 1.47. The zero-order valence-corrected chi connectivity index (χ0v) is 66.1. The Morgan fingerprint density at radius 2 is 0.748 bits per heavy atom. The van der Waals surface area contributed by atoms with Crippen LogP contribution < -0.4 is 37.2 Å². The first-order valence-electron chi connectivity index (χ1n) is 37.7. The van der Waals surface area contributed by atoms with Crippen molar-refractivity contribution in [1.29, 1.82) is 0 Å². The van der Waals surface area contributed by atoms with Crippen molar-refractivity contribution in [3.8, 4) is 17.2 Å². The predicted octanol–water partition coefficient (Wildman–Crippen LogP) is 2.86. The lowest BCUT2D eigenvalue weighted by atomic mass is 9.90. The average molecular weight is 1590 g/mol. The van der Waals surface area contributed by atoms with Crippen molar-refractivity contribution < 1.29 is 107 Å². The molecule has 8 amide bonds. The van der Waals surface area contributed by atoms with Crippen LogP contribution in [0.5, 0.6) is 17.2 Å². The summed E-state index contributed by atoms with van der Waals surface area (Å²) in [6.45, 7) is 19.0. The second-order valence-electron chi connectivity index (χ2n) is 29.7. The zero-order valence-electron chi connectivity index (χ0n) is 66.1. The SMILES string of the molecule is CC(C)C1C(=O)O[C@H](C)[C@H](NC(=O)c2ccccc2O)C(=O)N[C@@H](Cc2cccnc2)[C@@H](O)[C@@H](C)C(=O)N1C.CC(C)C1NC(=O)[C@H](C)[C@H](O)[C@H](Cc2cccnc2)NC(=O)[C@@H](NC(=O)c2ccccc2O)[C@@H](C)OC1=O.CC(C)C1OC(=O)[C@H](C)[C@H](O)[C@H](Cc2cccnc2)NC(=O)[C@@H](NC(=O)c2ccccc2O)[C@@H](C)OC1=O. The molecular formula is C82H103N11O22. The third-order valence-electron chi connectivity index (χ3n) is 19.9. The van der Waals surface area contributed by atoms with E-state index in [9.17, 15) is 88.2 Å². The van der Waals surface area contributed by atoms with Crippen molar-refractivity contribution in [1.82, 2.24) is 57.1 Å². The Morgan fingerprint density at radius 3 is 1.08 bits per heavy atom. The molecule has 0 radical (unpaired) electrons. The van der Waals surface area contributed by atoms with Crippen molar-refractivity contribution in [3.63, 3.8) is 0 Å². The molecule has 6 aromatic rings. The molecule has 6 heterocycles. The van der Waals surface area contributed by atoms with Crippen molar-refractivity contribution in [2.24, 2.45) is 35.5 Å². The highest BCUT2D eigenvalue weighted by atomic mass is 16.6. The molecule has 0 aliphatic carbocycles. The standard InChI is InChI=1S/C28H36N4O7.C27H34N4O7.C27H33N3O8/c1-15(2)23-28(38)39-17(4)22(31-25(35)19-10-6-7-11-21(19)33)26(36)30-20(13-18-9-8-12-29-14-18)24(34)16(3)27(37)32(23)5;1-14(2)21-27(37)38-16(4)22(31-25(35)18-9-5-6-10-20(18)32)26(36)29-19(12-17-8-7-11-28-13-17)23(33)15(3)24(34)30-21;1-14(2)23-27(36)37-16(4)21(30-24(33)18-9-5-6-10-20(18)31)25(34)29-19(12-17-8-7-11-28-13-17)22(32)15(3)26(35)38-23/h6-12,14-17,20,22-24,33-34H,13H2,1-5H3,(H,30,36)(H,31,35);5-11,13-16,19,21-23,32-33H,12H2,1-4H3,(H,29,36)(H,30,34)(H,31,35);5-11,13-16,19,21-23,31-32H,12H2,1-4H3,(H,29,34)(H,30,33)/t16-,17-,20+,22+,23?,24+;15-,16-,19+,21?,22+,23+;15-,16-,19+,21+,22+,23?/m111/s1. The largest absolute Gasteiger partial charge is 0.507 e. The Kier molecular flexibility index (Phi) is 32.7. The number of rotatable bonds is 15. The van der Waals surface area contributed by atoms with Gasteiger partial charge < -0.3 is 91.7 Å². The van der Waals surface area contributed by atoms with Crippen LogP contribution in [0, 0.1) is 35.5 Å². The second-order valence-corrected chi connectivity index (χ2v) is 29.7. The molecule has 618 valence electrons. The lowest BCUT2D eigenvalue weighted by Gasteiger charge is -2.37. The number of carbonyl (C=O) groups excluding carboxylic acids is 12. The number of amides is 8. The maximum Gasteiger partial charge on any atom is 0.348 e. The number of cyclic esters (lactones) is 4. The minimum atomic E-state index is -1.41. The van der Waals surface area contributed by atoms with Crippen LogP contribution in [-0.2, 0) is 81.4 Å². The summed E-state index contributed by atoms with van der Waals surface area (Å²) in [4.78, 5) is 171. The minimum Gasteiger partial charge on any atom is -0.507 e. The lowest BCUT2D eigenvalue weighted by Crippen LogP contribution is -2.61. The number of hydrogen-bond acceptors (Lipinski definition) is 25. The van der Waals surface area contributed by atoms with E-state index >= 15 is 0 Å². The van der Waals surface area contributed by atoms with Crippen LogP contribution in [0.1, 0.15) is 131 Å². The molecule has 0 spiro atoms. The van der Waals surface area contributed by atoms with Gasteiger partial charge in [-0.3, -0.25) is 58.1 Å². The first-order valence-corrected chi connectivity index (χ1v) is 37.7. The van der Waals surface area contributed by atoms with E-state index in [0.717, 1.165) is 0 Å². The smallest absolute Gasteiger partial charge is 0.348 e. The summed E-state index contributed by atoms with van der Waals surface area (Å²) in [5.74, 6) is -14.0. The van der Waals surface area contributed by atoms with Crippen LogP contribution >= 0.6 is 0 Å². The van der Waals surface area contributed by atoms with Crippen molar-refractivity contribution in [2.45, 2.75) is 193 Å². The normalized spacial score (nSPS) is 26.8. The van der Waals surface area contributed by atoms with Gasteiger partial charge in [-0.1, -0.05) is 110 Å². The van der Waals surface area contributed by atoms with Gasteiger partial charge in [-0.15, -0.1) is 0 Å². The fourth-order valence-electron chi connectivity index (χ4n) is 13.0. The predicted molar refractivity (Wildman–Crippen MR) is 413 cm³/mol. The number of phenols is 3. The van der Waals surface area contributed by atoms with Crippen LogP contribution in [0.25, 0.3) is 0 Å². The van der Waals surface area contributed by atoms with Crippen LogP contribution in [0.2, 0.25) is 0 Å². The number of ether oxygens (including phenoxy) is 4. The van der Waals surface area contributed by atoms with E-state index < -0.39 is 186 Å². The number of benzene rings is 3. The zero-order chi connectivity index (χ0) is 84.8. The monoisotopic (exact) mass is 1590 g/mol. The second kappa shape index (κ2) is 41.7. The molecule has 13 N–H and O–H groups in total. The molecule has 3 aromatic heterocycles. The van der Waals surface area contributed by atoms with Gasteiger partial charge in [-0.25, -0.2) is 14.4 Å². The van der Waals surface area contributed by atoms with Gasteiger partial charge in [0.15, 0.2) is 0 Å². The van der Waals surface area contributed by atoms with E-state index in [0.29, 0.717) is 16.7 Å². The Balaban J connectivity index is 0.000000239. The number of aromatic hydroxyl groups is 3. The molecular weight excluding hydrogens is 1490 g/mol. The topological polar surface area (TPSA) is 489 Å². The fraction of sp³-hybridized carbons (Fsp3) is 0.451. The number of likely N-dealkylation sites (N-methyl/N-ethyl adjacent to an activating group) is 1. The number of aliphatic hydroxyl groups is 3. The van der Waals surface area contributed by atoms with Gasteiger partial charge in [0, 0.05) is 50.1 Å². The lowest BCUT2D eigenvalue weighted by molar-refractivity contribution is -0.180. The number of aromatic nitrogens is 3. The summed E-state index contributed by atoms with van der Waals surface area (Å²) in [6, 6.07) is 18.7. The Morgan fingerprint density at radius 1 is 0.409 bits per heavy atom. The molecule has 3 aliphatic rings. The van der Waals surface area contributed by atoms with Gasteiger partial charge >= 0.3 is 23.9 Å². The van der Waals surface area contributed by atoms with Crippen molar-refractivity contribution in [3.05, 3.63) is 180 Å². The van der Waals surface area contributed by atoms with E-state index in [1.54, 1.807) is 145 Å². The van der Waals surface area contributed by atoms with Gasteiger partial charge in [-0.05, 0) is 130 Å². The average Bonchev–Trinajstić information content (AvgIpc) is 0.825. The van der Waals surface area contributed by atoms with E-state index in [1.165, 1.54) is 96.0 Å². The first kappa shape index (κ1) is 90.2. The number of pyridine rings is 3. The molecule has 3 aromatic carbocycles. The summed E-state index contributed by atoms with van der Waals surface area (Å²) in [5, 5.41) is 82.4. The number of nitrogens with zero attached hydrogens (tertiary/aromatic N) is 4. The van der Waals surface area contributed by atoms with Gasteiger partial charge in [0.1, 0.15) is 65.8 Å². The maximum atomic E-state index is 13.6. The highest BCUT2D eigenvalue weighted by Crippen LogP contribution is 2.27. The fourth-order valence-corrected chi connectivity index (χ4v) is 13.0. The highest BCUT2D eigenvalue weighted by Gasteiger charge is 2.46. The molecule has 3 fully saturated rings. The Bertz CT molecular complexity index is 4190. The van der Waals surface area contributed by atoms with E-state index in [4.69, 9.17) is 18.9 Å². The van der Waals surface area contributed by atoms with Crippen LogP contribution in [0.4, 0.5) is 0 Å². The number of phenolic OH excluding ortho intramolecular Hbond substituents is 3. The maximum absolute atomic E-state index is 13.6. The van der Waals surface area contributed by atoms with Gasteiger partial charge in [-0.2, -0.15) is 0 Å². The van der Waals surface area contributed by atoms with Crippen molar-refractivity contribution in [2.75, 3.05) is 7.05 Å². The van der Waals surface area contributed by atoms with E-state index in [-0.39, 0.29) is 65.0 Å². The summed E-state index contributed by atoms with van der Waals surface area (Å²) < 4.78 is 22.1. The Hall–Kier alpha value is -12.0. The summed E-state index contributed by atoms with van der Waals surface area (Å²) >= 11 is 0. The summed E-state index contributed by atoms with van der Waals surface area (Å²) in [5.41, 5.74) is 1.86. The molecule has 18 atom stereocenters. The minimum absolute atomic E-state index is 0.0686. The molecule has 3 saturated heterocycles. The molecule has 0 bridgehead atoms. The molecule has 3 unspecified atom stereocenters. The van der Waals surface area contributed by atoms with Gasteiger partial charge in [0.05, 0.1) is 70.9 Å². The first-order chi connectivity index (χ1) is 54.4. The van der Waals surface area contributed by atoms with Crippen LogP contribution in [0.3, 0.4) is 0 Å². The van der Waals surface area contributed by atoms with E-state index in [2.05, 4.69) is 52.2 Å². The van der Waals surface area contributed by atoms with Gasteiger partial charge in [0.25, 0.3) is 17.7 Å². The number of hydrogen-bond donors (Lipinski definition) is 13. The number of nitrogens with one attached hydrogen (secondary N) is 7. The molecule has 33 heteroatoms. The number of esters is 4. The molecule has 9 rings (SSSR count). The summed E-state index contributed by atoms with van der Waals surface area (Å²) in [6.07, 6.45) is 0.970. The van der Waals surface area contributed by atoms with Crippen LogP contribution in [0.15, 0.2) is 146 Å². The third kappa shape index (κ3) is 24.3. The molecule has 0 saturated carbocycles. The molecule has 33 nitrogen and oxygen atoms in total. The number of aliphatic hydroxyl groups excluding tert-OH is 3. The quantitative estimate of drug-likeness (QED) is 0.0519. The molecule has 3 aliphatic heterocycles. The number of para-hydroxylation sites is 3. The van der Waals surface area contributed by atoms with Crippen molar-refractivity contribution >= 4 is 71.1 Å². The van der Waals surface area contributed by atoms with E-state index in [1.807, 2.05) is 0 Å². The van der Waals surface area contributed by atoms with Crippen LogP contribution in [-0.4, -0.2) is 220 Å². The highest BCUT2D eigenvalue weighted by molar-refractivity contribution is 6.02. The third-order valence-corrected chi connectivity index (χ3v) is 19.9. The molecule has 115 heavy (non-hydrogen) atoms.